The second kappa shape index (κ2) is 8.39. The van der Waals surface area contributed by atoms with E-state index in [9.17, 15) is 9.59 Å². The fourth-order valence-electron chi connectivity index (χ4n) is 2.86. The molecule has 0 aliphatic heterocycles. The minimum atomic E-state index is -0.404. The molecule has 2 heterocycles. The van der Waals surface area contributed by atoms with E-state index in [2.05, 4.69) is 10.1 Å². The molecule has 3 rings (SSSR count). The van der Waals surface area contributed by atoms with Crippen LogP contribution in [-0.2, 0) is 22.6 Å². The van der Waals surface area contributed by atoms with E-state index in [-0.39, 0.29) is 19.1 Å². The smallest absolute Gasteiger partial charge is 0.326 e. The predicted molar refractivity (Wildman–Crippen MR) is 106 cm³/mol. The number of amides is 1. The van der Waals surface area contributed by atoms with Gasteiger partial charge in [-0.25, -0.2) is 0 Å². The van der Waals surface area contributed by atoms with Crippen molar-refractivity contribution in [3.63, 3.8) is 0 Å². The van der Waals surface area contributed by atoms with Crippen LogP contribution in [0.5, 0.6) is 5.75 Å². The van der Waals surface area contributed by atoms with Crippen molar-refractivity contribution in [2.45, 2.75) is 33.9 Å². The molecular formula is C19H22N4O4S. The van der Waals surface area contributed by atoms with Crippen LogP contribution in [0, 0.1) is 6.92 Å². The summed E-state index contributed by atoms with van der Waals surface area (Å²) in [4.78, 5) is 29.6. The largest absolute Gasteiger partial charge is 0.497 e. The van der Waals surface area contributed by atoms with Crippen LogP contribution in [0.2, 0.25) is 0 Å². The van der Waals surface area contributed by atoms with Gasteiger partial charge in [-0.15, -0.1) is 0 Å². The number of methoxy groups -OCH3 is 1. The highest BCUT2D eigenvalue weighted by atomic mass is 32.1. The van der Waals surface area contributed by atoms with Gasteiger partial charge in [-0.3, -0.25) is 14.3 Å². The van der Waals surface area contributed by atoms with Crippen LogP contribution in [0.3, 0.4) is 0 Å². The standard InChI is InChI=1S/C19H22N4O4S/c1-5-23-15(9-12(3)21-23)18(25)20-19-22(11-17(24)27-6-2)14-8-7-13(26-4)10-16(14)28-19/h7-10H,5-6,11H2,1-4H3. The molecule has 0 spiro atoms. The van der Waals surface area contributed by atoms with Gasteiger partial charge in [0.05, 0.1) is 29.6 Å². The van der Waals surface area contributed by atoms with Gasteiger partial charge in [0, 0.05) is 6.54 Å². The zero-order chi connectivity index (χ0) is 20.3. The molecule has 0 radical (unpaired) electrons. The number of aromatic nitrogens is 3. The molecule has 0 saturated carbocycles. The molecule has 1 aromatic carbocycles. The van der Waals surface area contributed by atoms with Crippen molar-refractivity contribution in [3.8, 4) is 5.75 Å². The van der Waals surface area contributed by atoms with Crippen LogP contribution in [-0.4, -0.2) is 39.9 Å². The third-order valence-electron chi connectivity index (χ3n) is 4.10. The number of hydrogen-bond donors (Lipinski definition) is 0. The van der Waals surface area contributed by atoms with Gasteiger partial charge >= 0.3 is 5.97 Å². The maximum absolute atomic E-state index is 12.8. The van der Waals surface area contributed by atoms with E-state index < -0.39 is 5.91 Å². The minimum Gasteiger partial charge on any atom is -0.497 e. The summed E-state index contributed by atoms with van der Waals surface area (Å²) in [5.74, 6) is -0.102. The van der Waals surface area contributed by atoms with E-state index in [1.165, 1.54) is 11.3 Å². The molecule has 148 valence electrons. The summed E-state index contributed by atoms with van der Waals surface area (Å²) >= 11 is 1.31. The number of aryl methyl sites for hydroxylation is 2. The van der Waals surface area contributed by atoms with Crippen LogP contribution in [0.1, 0.15) is 30.0 Å². The Kier molecular flexibility index (Phi) is 5.93. The summed E-state index contributed by atoms with van der Waals surface area (Å²) in [5, 5.41) is 4.29. The average Bonchev–Trinajstić information content (AvgIpc) is 3.21. The van der Waals surface area contributed by atoms with E-state index in [1.54, 1.807) is 35.4 Å². The Labute approximate surface area is 166 Å². The molecule has 0 bridgehead atoms. The third kappa shape index (κ3) is 3.99. The van der Waals surface area contributed by atoms with Crippen molar-refractivity contribution in [2.75, 3.05) is 13.7 Å². The lowest BCUT2D eigenvalue weighted by molar-refractivity contribution is -0.143. The first kappa shape index (κ1) is 19.8. The summed E-state index contributed by atoms with van der Waals surface area (Å²) in [6, 6.07) is 7.21. The molecular weight excluding hydrogens is 380 g/mol. The maximum Gasteiger partial charge on any atom is 0.326 e. The summed E-state index contributed by atoms with van der Waals surface area (Å²) < 4.78 is 14.5. The van der Waals surface area contributed by atoms with Gasteiger partial charge in [0.25, 0.3) is 5.91 Å². The predicted octanol–water partition coefficient (Wildman–Crippen LogP) is 2.54. The topological polar surface area (TPSA) is 87.7 Å². The van der Waals surface area contributed by atoms with E-state index in [0.717, 1.165) is 15.9 Å². The second-order valence-electron chi connectivity index (χ2n) is 6.01. The maximum atomic E-state index is 12.8. The number of carbonyl (C=O) groups excluding carboxylic acids is 2. The van der Waals surface area contributed by atoms with Gasteiger partial charge in [0.2, 0.25) is 0 Å². The summed E-state index contributed by atoms with van der Waals surface area (Å²) in [6.07, 6.45) is 0. The van der Waals surface area contributed by atoms with Crippen molar-refractivity contribution in [3.05, 3.63) is 40.5 Å². The van der Waals surface area contributed by atoms with Crippen molar-refractivity contribution < 1.29 is 19.1 Å². The highest BCUT2D eigenvalue weighted by Crippen LogP contribution is 2.23. The lowest BCUT2D eigenvalue weighted by Crippen LogP contribution is -2.23. The molecule has 0 unspecified atom stereocenters. The summed E-state index contributed by atoms with van der Waals surface area (Å²) in [7, 11) is 1.59. The second-order valence-corrected chi connectivity index (χ2v) is 7.02. The van der Waals surface area contributed by atoms with Crippen LogP contribution >= 0.6 is 11.3 Å². The van der Waals surface area contributed by atoms with Crippen molar-refractivity contribution in [2.24, 2.45) is 4.99 Å². The van der Waals surface area contributed by atoms with Crippen molar-refractivity contribution in [1.29, 1.82) is 0 Å². The molecule has 0 fully saturated rings. The minimum absolute atomic E-state index is 0.0294. The molecule has 0 atom stereocenters. The Morgan fingerprint density at radius 2 is 2.04 bits per heavy atom. The Morgan fingerprint density at radius 1 is 1.25 bits per heavy atom. The van der Waals surface area contributed by atoms with Crippen LogP contribution in [0.15, 0.2) is 29.3 Å². The van der Waals surface area contributed by atoms with E-state index in [0.29, 0.717) is 22.8 Å². The number of carbonyl (C=O) groups is 2. The molecule has 3 aromatic rings. The Balaban J connectivity index is 2.13. The quantitative estimate of drug-likeness (QED) is 0.591. The Hall–Kier alpha value is -2.94. The van der Waals surface area contributed by atoms with Gasteiger partial charge in [-0.05, 0) is 45.0 Å². The highest BCUT2D eigenvalue weighted by Gasteiger charge is 2.16. The van der Waals surface area contributed by atoms with Gasteiger partial charge in [-0.2, -0.15) is 10.1 Å². The first-order chi connectivity index (χ1) is 13.5. The zero-order valence-electron chi connectivity index (χ0n) is 16.3. The van der Waals surface area contributed by atoms with Crippen LogP contribution in [0.25, 0.3) is 10.2 Å². The van der Waals surface area contributed by atoms with Gasteiger partial charge in [0.1, 0.15) is 18.0 Å². The molecule has 0 aliphatic carbocycles. The van der Waals surface area contributed by atoms with Gasteiger partial charge < -0.3 is 14.0 Å². The fourth-order valence-corrected chi connectivity index (χ4v) is 3.91. The molecule has 0 saturated heterocycles. The van der Waals surface area contributed by atoms with Gasteiger partial charge in [0.15, 0.2) is 4.80 Å². The number of fused-ring (bicyclic) bond motifs is 1. The molecule has 28 heavy (non-hydrogen) atoms. The number of benzene rings is 1. The number of ether oxygens (including phenoxy) is 2. The molecule has 2 aromatic heterocycles. The number of rotatable bonds is 6. The number of esters is 1. The number of nitrogens with zero attached hydrogens (tertiary/aromatic N) is 4. The highest BCUT2D eigenvalue weighted by molar-refractivity contribution is 7.16. The van der Waals surface area contributed by atoms with Crippen molar-refractivity contribution in [1.82, 2.24) is 14.3 Å². The van der Waals surface area contributed by atoms with Crippen molar-refractivity contribution >= 4 is 33.4 Å². The number of thiazole rings is 1. The summed E-state index contributed by atoms with van der Waals surface area (Å²) in [5.41, 5.74) is 1.95. The van der Waals surface area contributed by atoms with Crippen LogP contribution < -0.4 is 9.54 Å². The van der Waals surface area contributed by atoms with E-state index >= 15 is 0 Å². The third-order valence-corrected chi connectivity index (χ3v) is 5.14. The Morgan fingerprint density at radius 3 is 2.71 bits per heavy atom. The molecule has 0 N–H and O–H groups in total. The zero-order valence-corrected chi connectivity index (χ0v) is 17.1. The monoisotopic (exact) mass is 402 g/mol. The molecule has 0 aliphatic rings. The normalized spacial score (nSPS) is 11.8. The first-order valence-corrected chi connectivity index (χ1v) is 9.75. The SMILES string of the molecule is CCOC(=O)Cn1c(=NC(=O)c2cc(C)nn2CC)sc2cc(OC)ccc21. The summed E-state index contributed by atoms with van der Waals surface area (Å²) in [6.45, 7) is 6.32. The fraction of sp³-hybridized carbons (Fsp3) is 0.368. The molecule has 9 heteroatoms. The van der Waals surface area contributed by atoms with Crippen LogP contribution in [0.4, 0.5) is 0 Å². The Bertz CT molecular complexity index is 1090. The van der Waals surface area contributed by atoms with E-state index in [4.69, 9.17) is 9.47 Å². The molecule has 8 nitrogen and oxygen atoms in total. The van der Waals surface area contributed by atoms with Gasteiger partial charge in [-0.1, -0.05) is 11.3 Å². The lowest BCUT2D eigenvalue weighted by atomic mass is 10.3. The lowest BCUT2D eigenvalue weighted by Gasteiger charge is -2.06. The molecule has 1 amide bonds. The first-order valence-electron chi connectivity index (χ1n) is 8.93. The number of hydrogen-bond acceptors (Lipinski definition) is 6. The average molecular weight is 402 g/mol. The van der Waals surface area contributed by atoms with E-state index in [1.807, 2.05) is 26.0 Å².